The van der Waals surface area contributed by atoms with Gasteiger partial charge in [-0.1, -0.05) is 99.7 Å². The minimum absolute atomic E-state index is 0.0963. The topological polar surface area (TPSA) is 29.1 Å². The van der Waals surface area contributed by atoms with E-state index in [0.717, 1.165) is 12.8 Å². The fourth-order valence-electron chi connectivity index (χ4n) is 4.11. The van der Waals surface area contributed by atoms with E-state index >= 15 is 0 Å². The van der Waals surface area contributed by atoms with Gasteiger partial charge < -0.3 is 5.32 Å². The standard InChI is InChI=1S/C24H31NO/c1-2-3-4-5-12-17-21-23(26)18-22(19-13-8-6-9-14-19)25-24(21)20-15-10-7-11-16-20/h6-11,13-16,21-22,24-25H,2-5,12,17-18H2,1H3/t21-,22+,24+/m1/s1. The predicted octanol–water partition coefficient (Wildman–Crippen LogP) is 6.01. The Balaban J connectivity index is 1.74. The maximum Gasteiger partial charge on any atom is 0.139 e. The molecule has 138 valence electrons. The Bertz CT molecular complexity index is 667. The molecule has 2 aromatic carbocycles. The summed E-state index contributed by atoms with van der Waals surface area (Å²) in [5.41, 5.74) is 2.45. The molecule has 0 amide bonds. The molecule has 1 aliphatic rings. The lowest BCUT2D eigenvalue weighted by molar-refractivity contribution is -0.127. The van der Waals surface area contributed by atoms with Gasteiger partial charge in [0.25, 0.3) is 0 Å². The van der Waals surface area contributed by atoms with Crippen LogP contribution in [0, 0.1) is 5.92 Å². The second-order valence-corrected chi connectivity index (χ2v) is 7.50. The molecule has 3 rings (SSSR count). The fourth-order valence-corrected chi connectivity index (χ4v) is 4.11. The summed E-state index contributed by atoms with van der Waals surface area (Å²) < 4.78 is 0. The number of benzene rings is 2. The van der Waals surface area contributed by atoms with Crippen molar-refractivity contribution < 1.29 is 4.79 Å². The number of Topliss-reactive ketones (excluding diaryl/α,β-unsaturated/α-hetero) is 1. The second kappa shape index (κ2) is 9.68. The minimum Gasteiger partial charge on any atom is -0.302 e. The first-order chi connectivity index (χ1) is 12.8. The van der Waals surface area contributed by atoms with E-state index < -0.39 is 0 Å². The zero-order chi connectivity index (χ0) is 18.2. The highest BCUT2D eigenvalue weighted by atomic mass is 16.1. The van der Waals surface area contributed by atoms with Gasteiger partial charge in [-0.05, 0) is 17.5 Å². The largest absolute Gasteiger partial charge is 0.302 e. The summed E-state index contributed by atoms with van der Waals surface area (Å²) >= 11 is 0. The van der Waals surface area contributed by atoms with E-state index in [1.165, 1.54) is 36.8 Å². The van der Waals surface area contributed by atoms with Crippen molar-refractivity contribution in [3.8, 4) is 0 Å². The zero-order valence-electron chi connectivity index (χ0n) is 15.9. The minimum atomic E-state index is 0.0963. The van der Waals surface area contributed by atoms with Crippen molar-refractivity contribution in [1.29, 1.82) is 0 Å². The van der Waals surface area contributed by atoms with Gasteiger partial charge in [0.15, 0.2) is 0 Å². The third-order valence-corrected chi connectivity index (χ3v) is 5.58. The summed E-state index contributed by atoms with van der Waals surface area (Å²) in [4.78, 5) is 13.0. The van der Waals surface area contributed by atoms with E-state index in [4.69, 9.17) is 0 Å². The molecule has 1 aliphatic heterocycles. The van der Waals surface area contributed by atoms with Crippen molar-refractivity contribution in [3.63, 3.8) is 0 Å². The van der Waals surface area contributed by atoms with Crippen LogP contribution in [-0.2, 0) is 4.79 Å². The van der Waals surface area contributed by atoms with Crippen LogP contribution in [0.4, 0.5) is 0 Å². The summed E-state index contributed by atoms with van der Waals surface area (Å²) in [5, 5.41) is 3.80. The summed E-state index contributed by atoms with van der Waals surface area (Å²) in [7, 11) is 0. The van der Waals surface area contributed by atoms with Gasteiger partial charge in [0.2, 0.25) is 0 Å². The lowest BCUT2D eigenvalue weighted by Gasteiger charge is -2.37. The van der Waals surface area contributed by atoms with E-state index in [-0.39, 0.29) is 18.0 Å². The van der Waals surface area contributed by atoms with Gasteiger partial charge in [0.1, 0.15) is 5.78 Å². The van der Waals surface area contributed by atoms with E-state index in [1.54, 1.807) is 0 Å². The number of nitrogens with one attached hydrogen (secondary N) is 1. The molecular formula is C24H31NO. The number of unbranched alkanes of at least 4 members (excludes halogenated alkanes) is 4. The summed E-state index contributed by atoms with van der Waals surface area (Å²) in [6, 6.07) is 21.1. The van der Waals surface area contributed by atoms with Crippen LogP contribution in [0.25, 0.3) is 0 Å². The monoisotopic (exact) mass is 349 g/mol. The molecule has 1 saturated heterocycles. The van der Waals surface area contributed by atoms with Crippen LogP contribution in [0.3, 0.4) is 0 Å². The first-order valence-corrected chi connectivity index (χ1v) is 10.2. The van der Waals surface area contributed by atoms with Crippen molar-refractivity contribution in [2.75, 3.05) is 0 Å². The number of hydrogen-bond acceptors (Lipinski definition) is 2. The molecule has 1 heterocycles. The Kier molecular flexibility index (Phi) is 7.02. The highest BCUT2D eigenvalue weighted by molar-refractivity contribution is 5.83. The molecule has 0 aromatic heterocycles. The van der Waals surface area contributed by atoms with E-state index in [9.17, 15) is 4.79 Å². The van der Waals surface area contributed by atoms with Crippen LogP contribution in [0.5, 0.6) is 0 Å². The highest BCUT2D eigenvalue weighted by Crippen LogP contribution is 2.37. The van der Waals surface area contributed by atoms with Gasteiger partial charge in [-0.25, -0.2) is 0 Å². The highest BCUT2D eigenvalue weighted by Gasteiger charge is 2.36. The molecule has 2 nitrogen and oxygen atoms in total. The Morgan fingerprint density at radius 3 is 2.12 bits per heavy atom. The third kappa shape index (κ3) is 4.82. The van der Waals surface area contributed by atoms with Gasteiger partial charge >= 0.3 is 0 Å². The van der Waals surface area contributed by atoms with E-state index in [1.807, 2.05) is 12.1 Å². The van der Waals surface area contributed by atoms with Crippen LogP contribution in [-0.4, -0.2) is 5.78 Å². The average Bonchev–Trinajstić information content (AvgIpc) is 2.70. The Labute approximate surface area is 158 Å². The molecule has 0 radical (unpaired) electrons. The number of piperidine rings is 1. The first kappa shape index (κ1) is 18.8. The van der Waals surface area contributed by atoms with E-state index in [2.05, 4.69) is 60.8 Å². The molecule has 2 heteroatoms. The van der Waals surface area contributed by atoms with Gasteiger partial charge in [0, 0.05) is 24.4 Å². The smallest absolute Gasteiger partial charge is 0.139 e. The first-order valence-electron chi connectivity index (χ1n) is 10.2. The van der Waals surface area contributed by atoms with Crippen molar-refractivity contribution in [2.45, 2.75) is 64.0 Å². The number of rotatable bonds is 8. The van der Waals surface area contributed by atoms with E-state index in [0.29, 0.717) is 12.2 Å². The molecule has 0 aliphatic carbocycles. The zero-order valence-corrected chi connectivity index (χ0v) is 15.9. The lowest BCUT2D eigenvalue weighted by Crippen LogP contribution is -2.42. The quantitative estimate of drug-likeness (QED) is 0.591. The average molecular weight is 350 g/mol. The summed E-state index contributed by atoms with van der Waals surface area (Å²) in [5.74, 6) is 0.515. The fraction of sp³-hybridized carbons (Fsp3) is 0.458. The molecule has 26 heavy (non-hydrogen) atoms. The van der Waals surface area contributed by atoms with Gasteiger partial charge in [-0.3, -0.25) is 4.79 Å². The normalized spacial score (nSPS) is 23.1. The molecule has 2 aromatic rings. The Hall–Kier alpha value is -1.93. The number of carbonyl (C=O) groups excluding carboxylic acids is 1. The van der Waals surface area contributed by atoms with Crippen molar-refractivity contribution in [3.05, 3.63) is 71.8 Å². The van der Waals surface area contributed by atoms with Crippen LogP contribution in [0.2, 0.25) is 0 Å². The third-order valence-electron chi connectivity index (χ3n) is 5.58. The van der Waals surface area contributed by atoms with Crippen LogP contribution < -0.4 is 5.32 Å². The van der Waals surface area contributed by atoms with Crippen LogP contribution in [0.15, 0.2) is 60.7 Å². The SMILES string of the molecule is CCCCCCC[C@@H]1C(=O)C[C@@H](c2ccccc2)N[C@H]1c1ccccc1. The lowest BCUT2D eigenvalue weighted by atomic mass is 9.78. The van der Waals surface area contributed by atoms with Crippen molar-refractivity contribution in [1.82, 2.24) is 5.32 Å². The van der Waals surface area contributed by atoms with Gasteiger partial charge in [0.05, 0.1) is 0 Å². The van der Waals surface area contributed by atoms with Gasteiger partial charge in [-0.15, -0.1) is 0 Å². The second-order valence-electron chi connectivity index (χ2n) is 7.50. The Morgan fingerprint density at radius 1 is 0.846 bits per heavy atom. The number of hydrogen-bond donors (Lipinski definition) is 1. The maximum atomic E-state index is 13.0. The molecule has 1 N–H and O–H groups in total. The number of carbonyl (C=O) groups is 1. The Morgan fingerprint density at radius 2 is 1.46 bits per heavy atom. The molecule has 1 fully saturated rings. The maximum absolute atomic E-state index is 13.0. The van der Waals surface area contributed by atoms with Crippen LogP contribution in [0.1, 0.15) is 75.1 Å². The molecule has 0 bridgehead atoms. The molecular weight excluding hydrogens is 318 g/mol. The van der Waals surface area contributed by atoms with Crippen LogP contribution >= 0.6 is 0 Å². The number of ketones is 1. The molecule has 0 spiro atoms. The molecule has 3 atom stereocenters. The summed E-state index contributed by atoms with van der Waals surface area (Å²) in [6.07, 6.45) is 7.83. The predicted molar refractivity (Wildman–Crippen MR) is 108 cm³/mol. The molecule has 0 saturated carbocycles. The van der Waals surface area contributed by atoms with Crippen molar-refractivity contribution >= 4 is 5.78 Å². The summed E-state index contributed by atoms with van der Waals surface area (Å²) in [6.45, 7) is 2.24. The van der Waals surface area contributed by atoms with Gasteiger partial charge in [-0.2, -0.15) is 0 Å². The molecule has 0 unspecified atom stereocenters. The van der Waals surface area contributed by atoms with Crippen molar-refractivity contribution in [2.24, 2.45) is 5.92 Å².